The molecule has 3 heterocycles. The highest BCUT2D eigenvalue weighted by Crippen LogP contribution is 2.53. The predicted molar refractivity (Wildman–Crippen MR) is 139 cm³/mol. The van der Waals surface area contributed by atoms with Crippen LogP contribution in [0.4, 0.5) is 0 Å². The number of carbonyl (C=O) groups is 4. The first-order valence-corrected chi connectivity index (χ1v) is 13.1. The number of aromatic nitrogens is 1. The fraction of sp³-hybridized carbons (Fsp3) is 0.586. The zero-order valence-electron chi connectivity index (χ0n) is 22.8. The Kier molecular flexibility index (Phi) is 8.09. The molecule has 1 fully saturated rings. The van der Waals surface area contributed by atoms with Gasteiger partial charge in [-0.2, -0.15) is 0 Å². The number of fused-ring (bicyclic) bond motifs is 1. The summed E-state index contributed by atoms with van der Waals surface area (Å²) >= 11 is 0. The Morgan fingerprint density at radius 1 is 1.24 bits per heavy atom. The number of cyclic esters (lactones) is 1. The zero-order chi connectivity index (χ0) is 27.8. The minimum atomic E-state index is -0.942. The molecule has 3 aliphatic rings. The number of H-pyrrole nitrogens is 1. The molecular formula is C29H39NO8. The molecule has 0 amide bonds. The number of hydrogen-bond donors (Lipinski definition) is 1. The highest BCUT2D eigenvalue weighted by molar-refractivity contribution is 5.88. The number of Topliss-reactive ketones (excluding diaryl/α,β-unsaturated/α-hetero) is 2. The van der Waals surface area contributed by atoms with Gasteiger partial charge in [0, 0.05) is 32.5 Å². The quantitative estimate of drug-likeness (QED) is 0.418. The van der Waals surface area contributed by atoms with Gasteiger partial charge in [0.1, 0.15) is 23.7 Å². The van der Waals surface area contributed by atoms with Crippen molar-refractivity contribution >= 4 is 23.5 Å². The first kappa shape index (κ1) is 28.0. The molecule has 0 aromatic carbocycles. The molecule has 9 nitrogen and oxygen atoms in total. The van der Waals surface area contributed by atoms with Crippen LogP contribution < -0.4 is 0 Å². The van der Waals surface area contributed by atoms with E-state index in [1.807, 2.05) is 32.1 Å². The first-order chi connectivity index (χ1) is 18.0. The van der Waals surface area contributed by atoms with Gasteiger partial charge in [-0.25, -0.2) is 9.59 Å². The van der Waals surface area contributed by atoms with Crippen LogP contribution in [-0.2, 0) is 33.3 Å². The molecule has 0 saturated carbocycles. The van der Waals surface area contributed by atoms with Crippen LogP contribution in [0.2, 0.25) is 0 Å². The third-order valence-electron chi connectivity index (χ3n) is 8.33. The molecule has 38 heavy (non-hydrogen) atoms. The lowest BCUT2D eigenvalue weighted by Crippen LogP contribution is -2.47. The summed E-state index contributed by atoms with van der Waals surface area (Å²) in [5.74, 6) is -2.89. The van der Waals surface area contributed by atoms with E-state index in [9.17, 15) is 19.2 Å². The molecule has 1 saturated heterocycles. The SMILES string of the molecule is CO[C@H]1C[C@H]2C=C[C@@H]3C[C@]2(O[C@H]3[C@H](OC(=O)c2ccc[nH]2)[C@H](C)C(C)=O)/C(C)=C/[C@@H](C)[C@@H](C(C)=O)OC1=O.[HH]. The summed E-state index contributed by atoms with van der Waals surface area (Å²) in [6, 6.07) is 3.32. The molecule has 1 aliphatic carbocycles. The number of ether oxygens (including phenoxy) is 4. The lowest BCUT2D eigenvalue weighted by molar-refractivity contribution is -0.169. The summed E-state index contributed by atoms with van der Waals surface area (Å²) in [7, 11) is 1.44. The van der Waals surface area contributed by atoms with Crippen LogP contribution in [0.25, 0.3) is 0 Å². The molecule has 2 bridgehead atoms. The van der Waals surface area contributed by atoms with Gasteiger partial charge < -0.3 is 23.9 Å². The van der Waals surface area contributed by atoms with Gasteiger partial charge >= 0.3 is 11.9 Å². The van der Waals surface area contributed by atoms with Crippen LogP contribution in [-0.4, -0.2) is 65.6 Å². The number of ketones is 2. The van der Waals surface area contributed by atoms with Crippen molar-refractivity contribution in [2.75, 3.05) is 7.11 Å². The van der Waals surface area contributed by atoms with Gasteiger partial charge in [-0.3, -0.25) is 9.59 Å². The van der Waals surface area contributed by atoms with E-state index in [1.54, 1.807) is 25.3 Å². The molecule has 9 atom stereocenters. The first-order valence-electron chi connectivity index (χ1n) is 13.1. The number of rotatable bonds is 7. The third-order valence-corrected chi connectivity index (χ3v) is 8.33. The smallest absolute Gasteiger partial charge is 0.355 e. The average molecular weight is 530 g/mol. The maximum Gasteiger partial charge on any atom is 0.355 e. The third kappa shape index (κ3) is 5.14. The minimum Gasteiger partial charge on any atom is -0.454 e. The molecular weight excluding hydrogens is 490 g/mol. The van der Waals surface area contributed by atoms with E-state index in [2.05, 4.69) is 4.98 Å². The largest absolute Gasteiger partial charge is 0.454 e. The summed E-state index contributed by atoms with van der Waals surface area (Å²) in [6.07, 6.45) is 5.23. The van der Waals surface area contributed by atoms with Crippen molar-refractivity contribution in [1.82, 2.24) is 4.98 Å². The monoisotopic (exact) mass is 529 g/mol. The second kappa shape index (κ2) is 11.0. The van der Waals surface area contributed by atoms with E-state index in [0.717, 1.165) is 5.57 Å². The maximum atomic E-state index is 13.0. The molecule has 9 heteroatoms. The average Bonchev–Trinajstić information content (AvgIpc) is 3.51. The van der Waals surface area contributed by atoms with Crippen molar-refractivity contribution in [3.8, 4) is 0 Å². The standard InChI is InChI=1S/C29H37NO8.H2/c1-15-12-16(2)29-14-20(9-10-21(29)13-23(35-6)28(34)36-24(15)19(5)32)26(38-29)25(17(3)18(4)31)37-27(33)22-8-7-11-30-22;/h7-12,15,17,20-21,23-26,30H,13-14H2,1-6H3;1H/b16-12+;/t15-,17-,20-,21-,23+,24+,25-,26-,29+;/m1./s1. The van der Waals surface area contributed by atoms with Crippen LogP contribution in [0.5, 0.6) is 0 Å². The van der Waals surface area contributed by atoms with E-state index in [4.69, 9.17) is 18.9 Å². The van der Waals surface area contributed by atoms with Gasteiger partial charge in [0.05, 0.1) is 11.5 Å². The Balaban J connectivity index is 0.00000420. The molecule has 4 rings (SSSR count). The van der Waals surface area contributed by atoms with Crippen molar-refractivity contribution in [1.29, 1.82) is 0 Å². The summed E-state index contributed by atoms with van der Waals surface area (Å²) in [5.41, 5.74) is 0.358. The van der Waals surface area contributed by atoms with E-state index in [0.29, 0.717) is 12.1 Å². The fourth-order valence-corrected chi connectivity index (χ4v) is 6.05. The summed E-state index contributed by atoms with van der Waals surface area (Å²) in [5, 5.41) is 0. The maximum absolute atomic E-state index is 13.0. The number of hydrogen-bond acceptors (Lipinski definition) is 8. The topological polar surface area (TPSA) is 121 Å². The minimum absolute atomic E-state index is 0. The van der Waals surface area contributed by atoms with E-state index in [1.165, 1.54) is 21.0 Å². The molecule has 1 aromatic rings. The van der Waals surface area contributed by atoms with Crippen LogP contribution in [0.3, 0.4) is 0 Å². The van der Waals surface area contributed by atoms with Gasteiger partial charge in [0.15, 0.2) is 18.0 Å². The van der Waals surface area contributed by atoms with E-state index >= 15 is 0 Å². The number of methoxy groups -OCH3 is 1. The predicted octanol–water partition coefficient (Wildman–Crippen LogP) is 3.84. The van der Waals surface area contributed by atoms with Crippen LogP contribution in [0.15, 0.2) is 42.1 Å². The van der Waals surface area contributed by atoms with Crippen molar-refractivity contribution in [2.24, 2.45) is 23.7 Å². The van der Waals surface area contributed by atoms with Gasteiger partial charge in [0.25, 0.3) is 0 Å². The highest BCUT2D eigenvalue weighted by Gasteiger charge is 2.57. The van der Waals surface area contributed by atoms with Gasteiger partial charge in [-0.05, 0) is 51.3 Å². The van der Waals surface area contributed by atoms with E-state index < -0.39 is 53.8 Å². The lowest BCUT2D eigenvalue weighted by atomic mass is 9.69. The van der Waals surface area contributed by atoms with Crippen LogP contribution in [0.1, 0.15) is 59.4 Å². The van der Waals surface area contributed by atoms with Gasteiger partial charge in [-0.15, -0.1) is 0 Å². The fourth-order valence-electron chi connectivity index (χ4n) is 6.05. The van der Waals surface area contributed by atoms with Crippen molar-refractivity contribution < 1.29 is 39.6 Å². The van der Waals surface area contributed by atoms with Crippen molar-refractivity contribution in [3.63, 3.8) is 0 Å². The second-order valence-electron chi connectivity index (χ2n) is 10.8. The molecule has 2 aliphatic heterocycles. The summed E-state index contributed by atoms with van der Waals surface area (Å²) < 4.78 is 23.9. The molecule has 208 valence electrons. The van der Waals surface area contributed by atoms with Gasteiger partial charge in [-0.1, -0.05) is 32.1 Å². The lowest BCUT2D eigenvalue weighted by Gasteiger charge is -2.41. The van der Waals surface area contributed by atoms with Crippen molar-refractivity contribution in [3.05, 3.63) is 47.8 Å². The number of nitrogens with one attached hydrogen (secondary N) is 1. The highest BCUT2D eigenvalue weighted by atomic mass is 16.6. The molecule has 0 radical (unpaired) electrons. The summed E-state index contributed by atoms with van der Waals surface area (Å²) in [6.45, 7) is 8.41. The Bertz CT molecular complexity index is 1140. The normalized spacial score (nSPS) is 35.7. The Morgan fingerprint density at radius 3 is 2.58 bits per heavy atom. The van der Waals surface area contributed by atoms with Crippen molar-refractivity contribution in [2.45, 2.75) is 77.5 Å². The molecule has 0 unspecified atom stereocenters. The zero-order valence-corrected chi connectivity index (χ0v) is 22.8. The number of aromatic amines is 1. The van der Waals surface area contributed by atoms with E-state index in [-0.39, 0.29) is 31.2 Å². The Morgan fingerprint density at radius 2 is 1.97 bits per heavy atom. The number of esters is 2. The Labute approximate surface area is 224 Å². The Hall–Kier alpha value is -3.04. The molecule has 1 spiro atoms. The number of carbonyl (C=O) groups excluding carboxylic acids is 4. The van der Waals surface area contributed by atoms with Gasteiger partial charge in [0.2, 0.25) is 0 Å². The summed E-state index contributed by atoms with van der Waals surface area (Å²) in [4.78, 5) is 53.6. The van der Waals surface area contributed by atoms with Crippen LogP contribution >= 0.6 is 0 Å². The van der Waals surface area contributed by atoms with Crippen LogP contribution in [0, 0.1) is 23.7 Å². The second-order valence-corrected chi connectivity index (χ2v) is 10.8. The molecule has 1 aromatic heterocycles. The molecule has 1 N–H and O–H groups in total.